The van der Waals surface area contributed by atoms with Gasteiger partial charge in [-0.15, -0.1) is 0 Å². The summed E-state index contributed by atoms with van der Waals surface area (Å²) in [5, 5.41) is 15.5. The van der Waals surface area contributed by atoms with Gasteiger partial charge in [-0.05, 0) is 69.0 Å². The van der Waals surface area contributed by atoms with E-state index in [2.05, 4.69) is 21.7 Å². The lowest BCUT2D eigenvalue weighted by atomic mass is 10.1. The Morgan fingerprint density at radius 2 is 1.94 bits per heavy atom. The smallest absolute Gasteiger partial charge is 0.299 e. The van der Waals surface area contributed by atoms with Crippen molar-refractivity contribution in [1.29, 1.82) is 5.26 Å². The number of nitriles is 1. The van der Waals surface area contributed by atoms with Crippen LogP contribution in [0.5, 0.6) is 0 Å². The van der Waals surface area contributed by atoms with Crippen LogP contribution >= 0.6 is 0 Å². The molecule has 0 bridgehead atoms. The highest BCUT2D eigenvalue weighted by Gasteiger charge is 2.13. The number of nitrogens with zero attached hydrogens (tertiary/aromatic N) is 4. The van der Waals surface area contributed by atoms with Crippen LogP contribution in [-0.4, -0.2) is 41.0 Å². The lowest BCUT2D eigenvalue weighted by Crippen LogP contribution is -2.27. The van der Waals surface area contributed by atoms with Gasteiger partial charge in [-0.3, -0.25) is 14.2 Å². The fourth-order valence-electron chi connectivity index (χ4n) is 3.61. The molecule has 2 heterocycles. The highest BCUT2D eigenvalue weighted by molar-refractivity contribution is 5.93. The molecule has 0 saturated heterocycles. The minimum atomic E-state index is -0.242. The van der Waals surface area contributed by atoms with Gasteiger partial charge in [0.15, 0.2) is 5.76 Å². The van der Waals surface area contributed by atoms with E-state index in [-0.39, 0.29) is 24.0 Å². The van der Waals surface area contributed by atoms with Gasteiger partial charge in [0.2, 0.25) is 5.91 Å². The van der Waals surface area contributed by atoms with E-state index in [9.17, 15) is 14.9 Å². The van der Waals surface area contributed by atoms with Crippen molar-refractivity contribution < 1.29 is 9.21 Å². The Morgan fingerprint density at radius 1 is 1.14 bits per heavy atom. The third-order valence-electron chi connectivity index (χ3n) is 5.06. The first-order valence-electron chi connectivity index (χ1n) is 10.8. The molecule has 9 nitrogen and oxygen atoms in total. The zero-order chi connectivity index (χ0) is 24.9. The van der Waals surface area contributed by atoms with Crippen molar-refractivity contribution in [1.82, 2.24) is 14.5 Å². The molecule has 0 spiro atoms. The van der Waals surface area contributed by atoms with E-state index in [1.54, 1.807) is 53.7 Å². The summed E-state index contributed by atoms with van der Waals surface area (Å²) in [7, 11) is 3.66. The van der Waals surface area contributed by atoms with Crippen molar-refractivity contribution in [3.8, 4) is 23.1 Å². The van der Waals surface area contributed by atoms with E-state index >= 15 is 0 Å². The van der Waals surface area contributed by atoms with Crippen LogP contribution in [0.25, 0.3) is 17.0 Å². The highest BCUT2D eigenvalue weighted by Crippen LogP contribution is 2.28. The van der Waals surface area contributed by atoms with Crippen molar-refractivity contribution >= 4 is 23.3 Å². The molecule has 0 aliphatic carbocycles. The zero-order valence-electron chi connectivity index (χ0n) is 19.6. The Morgan fingerprint density at radius 3 is 2.69 bits per heavy atom. The number of anilines is 3. The third-order valence-corrected chi connectivity index (χ3v) is 5.06. The Hall–Kier alpha value is -4.68. The Kier molecular flexibility index (Phi) is 6.76. The highest BCUT2D eigenvalue weighted by atomic mass is 16.4. The molecule has 1 amide bonds. The first kappa shape index (κ1) is 23.5. The first-order chi connectivity index (χ1) is 16.8. The summed E-state index contributed by atoms with van der Waals surface area (Å²) in [6.45, 7) is 2.21. The molecule has 2 N–H and O–H groups in total. The predicted molar refractivity (Wildman–Crippen MR) is 134 cm³/mol. The number of nitrogens with one attached hydrogen (secondary N) is 2. The number of benzene rings is 2. The van der Waals surface area contributed by atoms with E-state index in [4.69, 9.17) is 4.42 Å². The average molecular weight is 469 g/mol. The second kappa shape index (κ2) is 10.1. The number of hydrogen-bond acceptors (Lipinski definition) is 7. The standard InChI is InChI=1S/C26H24N6O3/c1-17-10-20(29-24(33)16-31(2)3)13-21(11-17)30-26-28-15-23(35-26)18-7-8-19(14-27)22(12-18)32-9-5-4-6-25(32)34/h4-13,15H,16H2,1-3H3,(H,28,30)(H,29,33). The second-order valence-electron chi connectivity index (χ2n) is 8.28. The maximum absolute atomic E-state index is 12.3. The number of likely N-dealkylation sites (N-methyl/N-ethyl adjacent to an activating group) is 1. The SMILES string of the molecule is Cc1cc(NC(=O)CN(C)C)cc(Nc2ncc(-c3ccc(C#N)c(-n4ccccc4=O)c3)o2)c1. The van der Waals surface area contributed by atoms with Crippen LogP contribution in [0, 0.1) is 18.3 Å². The topological polar surface area (TPSA) is 116 Å². The Labute approximate surface area is 202 Å². The first-order valence-corrected chi connectivity index (χ1v) is 10.8. The van der Waals surface area contributed by atoms with Crippen LogP contribution in [0.15, 0.2) is 76.2 Å². The van der Waals surface area contributed by atoms with E-state index < -0.39 is 0 Å². The molecule has 2 aromatic heterocycles. The van der Waals surface area contributed by atoms with Gasteiger partial charge in [0, 0.05) is 29.2 Å². The summed E-state index contributed by atoms with van der Waals surface area (Å²) < 4.78 is 7.31. The number of rotatable bonds is 7. The number of aromatic nitrogens is 2. The van der Waals surface area contributed by atoms with Gasteiger partial charge < -0.3 is 20.0 Å². The molecular weight excluding hydrogens is 444 g/mol. The average Bonchev–Trinajstić information content (AvgIpc) is 3.26. The molecule has 0 saturated carbocycles. The van der Waals surface area contributed by atoms with Crippen molar-refractivity contribution in [3.05, 3.63) is 88.5 Å². The third kappa shape index (κ3) is 5.63. The van der Waals surface area contributed by atoms with Gasteiger partial charge in [0.25, 0.3) is 11.6 Å². The van der Waals surface area contributed by atoms with Crippen LogP contribution in [0.1, 0.15) is 11.1 Å². The van der Waals surface area contributed by atoms with E-state index in [1.807, 2.05) is 33.2 Å². The van der Waals surface area contributed by atoms with Crippen molar-refractivity contribution in [3.63, 3.8) is 0 Å². The number of carbonyl (C=O) groups excluding carboxylic acids is 1. The molecule has 0 radical (unpaired) electrons. The van der Waals surface area contributed by atoms with Gasteiger partial charge in [0.05, 0.1) is 24.0 Å². The summed E-state index contributed by atoms with van der Waals surface area (Å²) >= 11 is 0. The normalized spacial score (nSPS) is 10.7. The van der Waals surface area contributed by atoms with Crippen LogP contribution < -0.4 is 16.2 Å². The summed E-state index contributed by atoms with van der Waals surface area (Å²) in [6.07, 6.45) is 3.18. The monoisotopic (exact) mass is 468 g/mol. The van der Waals surface area contributed by atoms with E-state index in [1.165, 1.54) is 10.6 Å². The van der Waals surface area contributed by atoms with Crippen LogP contribution in [0.3, 0.4) is 0 Å². The van der Waals surface area contributed by atoms with Gasteiger partial charge in [-0.1, -0.05) is 6.07 Å². The molecule has 0 fully saturated rings. The van der Waals surface area contributed by atoms with Gasteiger partial charge in [0.1, 0.15) is 6.07 Å². The molecule has 4 rings (SSSR count). The molecule has 0 aliphatic heterocycles. The van der Waals surface area contributed by atoms with Crippen LogP contribution in [0.4, 0.5) is 17.4 Å². The minimum absolute atomic E-state index is 0.112. The van der Waals surface area contributed by atoms with E-state index in [0.29, 0.717) is 33.9 Å². The fourth-order valence-corrected chi connectivity index (χ4v) is 3.61. The molecule has 0 aliphatic rings. The molecule has 2 aromatic carbocycles. The molecule has 176 valence electrons. The molecule has 0 unspecified atom stereocenters. The summed E-state index contributed by atoms with van der Waals surface area (Å²) in [6, 6.07) is 17.9. The summed E-state index contributed by atoms with van der Waals surface area (Å²) in [4.78, 5) is 30.5. The van der Waals surface area contributed by atoms with Gasteiger partial charge >= 0.3 is 0 Å². The number of hydrogen-bond donors (Lipinski definition) is 2. The molecule has 0 atom stereocenters. The summed E-state index contributed by atoms with van der Waals surface area (Å²) in [5.41, 5.74) is 3.56. The number of aryl methyl sites for hydroxylation is 1. The number of oxazole rings is 1. The molecule has 35 heavy (non-hydrogen) atoms. The summed E-state index contributed by atoms with van der Waals surface area (Å²) in [5.74, 6) is 0.355. The van der Waals surface area contributed by atoms with Crippen molar-refractivity contribution in [2.45, 2.75) is 6.92 Å². The van der Waals surface area contributed by atoms with Gasteiger partial charge in [-0.2, -0.15) is 5.26 Å². The lowest BCUT2D eigenvalue weighted by molar-refractivity contribution is -0.116. The van der Waals surface area contributed by atoms with Crippen LogP contribution in [0.2, 0.25) is 0 Å². The lowest BCUT2D eigenvalue weighted by Gasteiger charge is -2.12. The minimum Gasteiger partial charge on any atom is -0.423 e. The van der Waals surface area contributed by atoms with E-state index in [0.717, 1.165) is 5.56 Å². The maximum atomic E-state index is 12.3. The second-order valence-corrected chi connectivity index (χ2v) is 8.28. The molecule has 9 heteroatoms. The zero-order valence-corrected chi connectivity index (χ0v) is 19.6. The van der Waals surface area contributed by atoms with Gasteiger partial charge in [-0.25, -0.2) is 4.98 Å². The number of amides is 1. The predicted octanol–water partition coefficient (Wildman–Crippen LogP) is 3.92. The Balaban J connectivity index is 1.58. The quantitative estimate of drug-likeness (QED) is 0.422. The maximum Gasteiger partial charge on any atom is 0.299 e. The molecular formula is C26H24N6O3. The fraction of sp³-hybridized carbons (Fsp3) is 0.154. The van der Waals surface area contributed by atoms with Crippen LogP contribution in [-0.2, 0) is 4.79 Å². The van der Waals surface area contributed by atoms with Crippen molar-refractivity contribution in [2.24, 2.45) is 0 Å². The molecule has 4 aromatic rings. The van der Waals surface area contributed by atoms with Crippen molar-refractivity contribution in [2.75, 3.05) is 31.3 Å². The number of carbonyl (C=O) groups is 1. The number of pyridine rings is 1. The Bertz CT molecular complexity index is 1480. The largest absolute Gasteiger partial charge is 0.423 e.